The second-order valence-corrected chi connectivity index (χ2v) is 22.4. The fraction of sp³-hybridized carbons (Fsp3) is 0.548. The molecule has 2 aromatic heterocycles. The van der Waals surface area contributed by atoms with Crippen molar-refractivity contribution >= 4 is 35.6 Å². The third-order valence-corrected chi connectivity index (χ3v) is 19.1. The van der Waals surface area contributed by atoms with Crippen LogP contribution in [0.5, 0.6) is 17.6 Å². The highest BCUT2D eigenvalue weighted by atomic mass is 28.3. The Morgan fingerprint density at radius 1 is 1.00 bits per heavy atom. The molecule has 0 amide bonds. The van der Waals surface area contributed by atoms with Crippen LogP contribution in [0.3, 0.4) is 0 Å². The fourth-order valence-electron chi connectivity index (χ4n) is 10.3. The van der Waals surface area contributed by atoms with Crippen LogP contribution >= 0.6 is 0 Å². The van der Waals surface area contributed by atoms with Gasteiger partial charge in [0.2, 0.25) is 5.88 Å². The van der Waals surface area contributed by atoms with Crippen LogP contribution in [0.25, 0.3) is 32.9 Å². The van der Waals surface area contributed by atoms with Crippen molar-refractivity contribution in [2.24, 2.45) is 0 Å². The fourth-order valence-corrected chi connectivity index (χ4v) is 15.5. The maximum Gasteiger partial charge on any atom is 0.319 e. The second-order valence-electron chi connectivity index (χ2n) is 16.8. The Balaban J connectivity index is 1.33. The van der Waals surface area contributed by atoms with Gasteiger partial charge in [0.05, 0.1) is 17.1 Å². The van der Waals surface area contributed by atoms with Crippen LogP contribution in [-0.2, 0) is 0 Å². The Bertz CT molecular complexity index is 2170. The van der Waals surface area contributed by atoms with Crippen LogP contribution < -0.4 is 14.4 Å². The SMILES string of the molecule is CC(C)[Si](C#Cc1c(F)ccc2cc(O)cc(-c3nc4c5c(nc(OC[C@@]67CCCN6C[C@H](F)C7)nc5c3F)N3CCCC[C@H]3CO4)c12)(C(C)C)C(C)C. The number of phenolic OH excluding ortho intramolecular Hbond substituents is 1. The van der Waals surface area contributed by atoms with Crippen molar-refractivity contribution < 1.29 is 27.8 Å². The highest BCUT2D eigenvalue weighted by Gasteiger charge is 2.49. The first kappa shape index (κ1) is 36.9. The van der Waals surface area contributed by atoms with E-state index in [1.54, 1.807) is 6.07 Å². The van der Waals surface area contributed by atoms with Crippen molar-refractivity contribution in [2.75, 3.05) is 37.7 Å². The molecule has 0 spiro atoms. The van der Waals surface area contributed by atoms with Crippen molar-refractivity contribution in [3.63, 3.8) is 0 Å². The molecule has 3 saturated heterocycles. The first-order valence-electron chi connectivity index (χ1n) is 19.6. The summed E-state index contributed by atoms with van der Waals surface area (Å²) in [5, 5.41) is 12.2. The lowest BCUT2D eigenvalue weighted by Gasteiger charge is -2.38. The summed E-state index contributed by atoms with van der Waals surface area (Å²) in [5.41, 5.74) is 4.28. The van der Waals surface area contributed by atoms with Gasteiger partial charge in [0.15, 0.2) is 5.82 Å². The number of aromatic hydroxyl groups is 1. The molecule has 4 aliphatic rings. The zero-order chi connectivity index (χ0) is 38.1. The maximum absolute atomic E-state index is 17.5. The third kappa shape index (κ3) is 5.97. The molecule has 0 saturated carbocycles. The van der Waals surface area contributed by atoms with Crippen LogP contribution in [0.1, 0.15) is 85.6 Å². The first-order chi connectivity index (χ1) is 25.8. The molecule has 1 N–H and O–H groups in total. The number of halogens is 3. The number of nitrogens with zero attached hydrogens (tertiary/aromatic N) is 5. The largest absolute Gasteiger partial charge is 0.508 e. The van der Waals surface area contributed by atoms with E-state index in [0.717, 1.165) is 38.6 Å². The number of phenols is 1. The molecule has 0 unspecified atom stereocenters. The molecule has 6 heterocycles. The molecule has 4 aromatic rings. The molecule has 0 aliphatic carbocycles. The molecule has 286 valence electrons. The zero-order valence-electron chi connectivity index (χ0n) is 32.1. The average Bonchev–Trinajstić information content (AvgIpc) is 3.60. The molecule has 0 bridgehead atoms. The number of benzene rings is 2. The van der Waals surface area contributed by atoms with Gasteiger partial charge in [-0.25, -0.2) is 18.2 Å². The van der Waals surface area contributed by atoms with Crippen molar-refractivity contribution in [3.8, 4) is 40.4 Å². The van der Waals surface area contributed by atoms with Crippen molar-refractivity contribution in [2.45, 2.75) is 114 Å². The van der Waals surface area contributed by atoms with Crippen LogP contribution in [-0.4, -0.2) is 83.6 Å². The number of pyridine rings is 1. The van der Waals surface area contributed by atoms with Crippen molar-refractivity contribution in [1.82, 2.24) is 19.9 Å². The molecule has 2 aromatic carbocycles. The quantitative estimate of drug-likeness (QED) is 0.148. The van der Waals surface area contributed by atoms with Gasteiger partial charge in [-0.15, -0.1) is 5.54 Å². The summed E-state index contributed by atoms with van der Waals surface area (Å²) >= 11 is 0. The van der Waals surface area contributed by atoms with Crippen LogP contribution in [0.2, 0.25) is 16.6 Å². The zero-order valence-corrected chi connectivity index (χ0v) is 33.1. The van der Waals surface area contributed by atoms with Crippen LogP contribution in [0.4, 0.5) is 19.0 Å². The van der Waals surface area contributed by atoms with Gasteiger partial charge in [-0.2, -0.15) is 9.97 Å². The summed E-state index contributed by atoms with van der Waals surface area (Å²) in [7, 11) is -2.29. The van der Waals surface area contributed by atoms with E-state index < -0.39 is 31.4 Å². The monoisotopic (exact) mass is 757 g/mol. The molecular weight excluding hydrogens is 708 g/mol. The molecule has 8 rings (SSSR count). The van der Waals surface area contributed by atoms with E-state index in [-0.39, 0.29) is 52.6 Å². The number of hydrogen-bond donors (Lipinski definition) is 1. The predicted octanol–water partition coefficient (Wildman–Crippen LogP) is 9.10. The van der Waals surface area contributed by atoms with Gasteiger partial charge in [0.1, 0.15) is 61.4 Å². The average molecular weight is 758 g/mol. The minimum atomic E-state index is -2.29. The molecule has 12 heteroatoms. The van der Waals surface area contributed by atoms with E-state index >= 15 is 8.78 Å². The third-order valence-electron chi connectivity index (χ3n) is 12.8. The van der Waals surface area contributed by atoms with Gasteiger partial charge in [0, 0.05) is 30.5 Å². The topological polar surface area (TPSA) is 83.8 Å². The van der Waals surface area contributed by atoms with E-state index in [1.807, 2.05) is 0 Å². The van der Waals surface area contributed by atoms with Crippen molar-refractivity contribution in [1.29, 1.82) is 0 Å². The summed E-state index contributed by atoms with van der Waals surface area (Å²) in [6.45, 7) is 15.6. The molecule has 0 radical (unpaired) electrons. The molecule has 54 heavy (non-hydrogen) atoms. The normalized spacial score (nSPS) is 22.8. The summed E-state index contributed by atoms with van der Waals surface area (Å²) in [5.74, 6) is 2.52. The number of piperidine rings is 1. The summed E-state index contributed by atoms with van der Waals surface area (Å²) in [6, 6.07) is 5.86. The second kappa shape index (κ2) is 13.9. The summed E-state index contributed by atoms with van der Waals surface area (Å²) < 4.78 is 60.9. The van der Waals surface area contributed by atoms with Gasteiger partial charge in [-0.3, -0.25) is 4.90 Å². The van der Waals surface area contributed by atoms with E-state index in [0.29, 0.717) is 64.7 Å². The van der Waals surface area contributed by atoms with Crippen molar-refractivity contribution in [3.05, 3.63) is 41.5 Å². The number of ether oxygens (including phenoxy) is 2. The highest BCUT2D eigenvalue weighted by molar-refractivity contribution is 6.90. The number of aromatic nitrogens is 3. The summed E-state index contributed by atoms with van der Waals surface area (Å²) in [4.78, 5) is 18.7. The maximum atomic E-state index is 17.5. The lowest BCUT2D eigenvalue weighted by molar-refractivity contribution is 0.107. The van der Waals surface area contributed by atoms with E-state index in [1.165, 1.54) is 18.2 Å². The molecular formula is C42H50F3N5O3Si. The number of fused-ring (bicyclic) bond motifs is 4. The number of alkyl halides is 1. The lowest BCUT2D eigenvalue weighted by atomic mass is 9.95. The Kier molecular flexibility index (Phi) is 9.49. The van der Waals surface area contributed by atoms with E-state index in [2.05, 4.69) is 67.8 Å². The summed E-state index contributed by atoms with van der Waals surface area (Å²) in [6.07, 6.45) is 4.05. The van der Waals surface area contributed by atoms with E-state index in [9.17, 15) is 9.50 Å². The molecule has 3 atom stereocenters. The van der Waals surface area contributed by atoms with Crippen LogP contribution in [0, 0.1) is 23.1 Å². The van der Waals surface area contributed by atoms with Gasteiger partial charge in [0.25, 0.3) is 0 Å². The number of hydrogen-bond acceptors (Lipinski definition) is 8. The van der Waals surface area contributed by atoms with Crippen LogP contribution in [0.15, 0.2) is 24.3 Å². The predicted molar refractivity (Wildman–Crippen MR) is 209 cm³/mol. The van der Waals surface area contributed by atoms with E-state index in [4.69, 9.17) is 19.4 Å². The van der Waals surface area contributed by atoms with Gasteiger partial charge < -0.3 is 19.5 Å². The minimum absolute atomic E-state index is 0.00461. The van der Waals surface area contributed by atoms with Gasteiger partial charge >= 0.3 is 6.01 Å². The molecule has 3 fully saturated rings. The minimum Gasteiger partial charge on any atom is -0.508 e. The first-order valence-corrected chi connectivity index (χ1v) is 21.9. The standard InChI is InChI=1S/C42H50F3N5O3Si/c1-24(2)54(25(3)4,26(5)6)17-13-31-33(44)12-11-27-18-30(51)19-32(34(27)31)37-36(45)38-35-39(50-16-8-7-10-29(50)22-52-40(35)46-37)48-41(47-38)53-23-42-14-9-15-49(42)21-28(43)20-42/h11-12,18-19,24-26,28-29,51H,7-10,14-16,20-23H2,1-6H3/t28-,29+,42+/m1/s1. The Morgan fingerprint density at radius 3 is 2.54 bits per heavy atom. The van der Waals surface area contributed by atoms with Gasteiger partial charge in [-0.05, 0) is 78.9 Å². The Morgan fingerprint density at radius 2 is 1.78 bits per heavy atom. The molecule has 8 nitrogen and oxygen atoms in total. The smallest absolute Gasteiger partial charge is 0.319 e. The number of rotatable bonds is 7. The highest BCUT2D eigenvalue weighted by Crippen LogP contribution is 2.46. The Labute approximate surface area is 316 Å². The molecule has 4 aliphatic heterocycles. The Hall–Kier alpha value is -4.08. The lowest BCUT2D eigenvalue weighted by Crippen LogP contribution is -2.44. The van der Waals surface area contributed by atoms with Gasteiger partial charge in [-0.1, -0.05) is 53.5 Å². The number of anilines is 1.